The summed E-state index contributed by atoms with van der Waals surface area (Å²) in [6, 6.07) is 84.9. The maximum atomic E-state index is 2.47. The third-order valence-corrected chi connectivity index (χ3v) is 15.3. The maximum absolute atomic E-state index is 2.47. The van der Waals surface area contributed by atoms with E-state index >= 15 is 0 Å². The lowest BCUT2D eigenvalue weighted by molar-refractivity contribution is 1.16. The molecule has 0 saturated heterocycles. The van der Waals surface area contributed by atoms with Gasteiger partial charge in [0.05, 0.1) is 22.1 Å². The highest BCUT2D eigenvalue weighted by molar-refractivity contribution is 8.34. The molecule has 11 aromatic rings. The molecule has 0 aliphatic carbocycles. The fourth-order valence-corrected chi connectivity index (χ4v) is 13.2. The van der Waals surface area contributed by atoms with Gasteiger partial charge in [0.25, 0.3) is 0 Å². The molecule has 57 heavy (non-hydrogen) atoms. The first-order chi connectivity index (χ1) is 28.3. The molecule has 0 radical (unpaired) electrons. The first-order valence-electron chi connectivity index (χ1n) is 19.5. The number of hydrogen-bond donors (Lipinski definition) is 0. The quantitative estimate of drug-likeness (QED) is 0.154. The van der Waals surface area contributed by atoms with E-state index in [4.69, 9.17) is 0 Å². The minimum absolute atomic E-state index is 1.14. The van der Waals surface area contributed by atoms with E-state index in [0.717, 1.165) is 11.4 Å². The van der Waals surface area contributed by atoms with Crippen LogP contribution in [0.3, 0.4) is 0 Å². The molecule has 9 aromatic carbocycles. The van der Waals surface area contributed by atoms with Gasteiger partial charge in [0.1, 0.15) is 0 Å². The van der Waals surface area contributed by atoms with Gasteiger partial charge in [-0.1, -0.05) is 140 Å². The summed E-state index contributed by atoms with van der Waals surface area (Å²) in [6.07, 6.45) is 0. The Labute approximate surface area is 333 Å². The van der Waals surface area contributed by atoms with E-state index in [-0.39, 0.29) is 0 Å². The van der Waals surface area contributed by atoms with Crippen LogP contribution >= 0.6 is 10.0 Å². The van der Waals surface area contributed by atoms with Gasteiger partial charge in [-0.15, -0.1) is 10.0 Å². The summed E-state index contributed by atoms with van der Waals surface area (Å²) in [5, 5.41) is 5.02. The molecule has 2 nitrogen and oxygen atoms in total. The molecule has 0 atom stereocenters. The highest BCUT2D eigenvalue weighted by Gasteiger charge is 2.36. The zero-order chi connectivity index (χ0) is 37.8. The lowest BCUT2D eigenvalue weighted by Crippen LogP contribution is -2.05. The maximum Gasteiger partial charge on any atom is 0.0552 e. The van der Waals surface area contributed by atoms with Crippen molar-refractivity contribution in [2.24, 2.45) is 0 Å². The molecule has 0 spiro atoms. The van der Waals surface area contributed by atoms with Crippen molar-refractivity contribution in [1.29, 1.82) is 0 Å². The Bertz CT molecular complexity index is 3110. The van der Waals surface area contributed by atoms with Gasteiger partial charge in [-0.05, 0) is 102 Å². The lowest BCUT2D eigenvalue weighted by Gasteiger charge is -2.42. The summed E-state index contributed by atoms with van der Waals surface area (Å²) in [4.78, 5) is 5.25. The Morgan fingerprint density at radius 3 is 1.40 bits per heavy atom. The summed E-state index contributed by atoms with van der Waals surface area (Å²) in [6.45, 7) is 0. The molecule has 0 fully saturated rings. The van der Waals surface area contributed by atoms with Crippen LogP contribution in [-0.4, -0.2) is 9.13 Å². The van der Waals surface area contributed by atoms with Gasteiger partial charge in [0.15, 0.2) is 0 Å². The predicted molar refractivity (Wildman–Crippen MR) is 241 cm³/mol. The van der Waals surface area contributed by atoms with E-state index in [1.54, 1.807) is 0 Å². The normalized spacial score (nSPS) is 12.1. The van der Waals surface area contributed by atoms with Crippen LogP contribution < -0.4 is 0 Å². The topological polar surface area (TPSA) is 9.86 Å². The molecular weight excluding hydrogens is 709 g/mol. The van der Waals surface area contributed by atoms with Crippen LogP contribution in [0.4, 0.5) is 0 Å². The van der Waals surface area contributed by atoms with Crippen LogP contribution in [0, 0.1) is 0 Å². The highest BCUT2D eigenvalue weighted by atomic mass is 32.3. The smallest absolute Gasteiger partial charge is 0.0552 e. The summed E-state index contributed by atoms with van der Waals surface area (Å²) in [5.74, 6) is 0. The van der Waals surface area contributed by atoms with Crippen molar-refractivity contribution in [2.75, 3.05) is 0 Å². The molecule has 0 aliphatic heterocycles. The van der Waals surface area contributed by atoms with E-state index in [0.29, 0.717) is 0 Å². The number of nitrogens with zero attached hydrogens (tertiary/aromatic N) is 2. The first kappa shape index (κ1) is 33.3. The van der Waals surface area contributed by atoms with Gasteiger partial charge >= 0.3 is 0 Å². The second kappa shape index (κ2) is 13.6. The Hall–Kier alpha value is -7.07. The third-order valence-electron chi connectivity index (χ3n) is 11.4. The Balaban J connectivity index is 1.29. The molecule has 0 saturated carbocycles. The Morgan fingerprint density at radius 1 is 0.298 bits per heavy atom. The van der Waals surface area contributed by atoms with Crippen LogP contribution in [0.5, 0.6) is 0 Å². The zero-order valence-corrected chi connectivity index (χ0v) is 32.1. The lowest BCUT2D eigenvalue weighted by atomic mass is 9.99. The number of fused-ring (bicyclic) bond motifs is 6. The van der Waals surface area contributed by atoms with Crippen molar-refractivity contribution in [2.45, 2.75) is 19.6 Å². The average Bonchev–Trinajstić information content (AvgIpc) is 3.81. The van der Waals surface area contributed by atoms with E-state index < -0.39 is 10.0 Å². The number of hydrogen-bond acceptors (Lipinski definition) is 0. The second-order valence-electron chi connectivity index (χ2n) is 14.5. The van der Waals surface area contributed by atoms with Crippen LogP contribution in [0.1, 0.15) is 0 Å². The van der Waals surface area contributed by atoms with Crippen molar-refractivity contribution >= 4 is 53.6 Å². The van der Waals surface area contributed by atoms with Gasteiger partial charge in [0.2, 0.25) is 0 Å². The van der Waals surface area contributed by atoms with Crippen LogP contribution in [-0.2, 0) is 0 Å². The van der Waals surface area contributed by atoms with Gasteiger partial charge in [0, 0.05) is 52.5 Å². The molecule has 3 heteroatoms. The molecule has 0 aliphatic rings. The van der Waals surface area contributed by atoms with Crippen LogP contribution in [0.2, 0.25) is 0 Å². The molecule has 0 unspecified atom stereocenters. The summed E-state index contributed by atoms with van der Waals surface area (Å²) in [5.41, 5.74) is 9.52. The Morgan fingerprint density at radius 2 is 0.772 bits per heavy atom. The van der Waals surface area contributed by atoms with Crippen molar-refractivity contribution in [3.05, 3.63) is 231 Å². The van der Waals surface area contributed by atoms with E-state index in [9.17, 15) is 0 Å². The van der Waals surface area contributed by atoms with Crippen LogP contribution in [0.25, 0.3) is 66.1 Å². The zero-order valence-electron chi connectivity index (χ0n) is 31.2. The molecular formula is C54H38N2S. The summed E-state index contributed by atoms with van der Waals surface area (Å²) in [7, 11) is -1.99. The predicted octanol–water partition coefficient (Wildman–Crippen LogP) is 14.9. The number of para-hydroxylation sites is 2. The summed E-state index contributed by atoms with van der Waals surface area (Å²) < 4.78 is 4.93. The summed E-state index contributed by atoms with van der Waals surface area (Å²) >= 11 is 0. The monoisotopic (exact) mass is 746 g/mol. The standard InChI is InChI=1S/C54H38N2S/c1-6-20-39(21-7-1)45-31-18-33-50-53(45)46-30-16-17-32-48(46)56(50)41-36-37-49-47(38-41)54-51(55(49)40-22-8-2-9-23-40)34-19-35-52(54)57(42-24-10-3-11-25-42,43-26-12-4-13-27-43)44-28-14-5-15-29-44/h1-38H. The van der Waals surface area contributed by atoms with E-state index in [1.807, 2.05) is 0 Å². The van der Waals surface area contributed by atoms with E-state index in [1.165, 1.54) is 74.3 Å². The van der Waals surface area contributed by atoms with Crippen LogP contribution in [0.15, 0.2) is 250 Å². The highest BCUT2D eigenvalue weighted by Crippen LogP contribution is 2.74. The Kier molecular flexibility index (Phi) is 7.94. The van der Waals surface area contributed by atoms with Gasteiger partial charge in [-0.2, -0.15) is 0 Å². The minimum Gasteiger partial charge on any atom is -0.309 e. The van der Waals surface area contributed by atoms with Crippen molar-refractivity contribution < 1.29 is 0 Å². The average molecular weight is 747 g/mol. The van der Waals surface area contributed by atoms with Gasteiger partial charge in [-0.25, -0.2) is 0 Å². The molecule has 0 amide bonds. The molecule has 2 aromatic heterocycles. The van der Waals surface area contributed by atoms with E-state index in [2.05, 4.69) is 240 Å². The number of aromatic nitrogens is 2. The molecule has 270 valence electrons. The fourth-order valence-electron chi connectivity index (χ4n) is 9.09. The molecule has 0 bridgehead atoms. The number of benzene rings is 9. The largest absolute Gasteiger partial charge is 0.309 e. The third kappa shape index (κ3) is 5.13. The van der Waals surface area contributed by atoms with Gasteiger partial charge < -0.3 is 9.13 Å². The fraction of sp³-hybridized carbons (Fsp3) is 0. The van der Waals surface area contributed by atoms with Gasteiger partial charge in [-0.3, -0.25) is 0 Å². The molecule has 11 rings (SSSR count). The van der Waals surface area contributed by atoms with Crippen molar-refractivity contribution in [3.8, 4) is 22.5 Å². The van der Waals surface area contributed by atoms with Crippen molar-refractivity contribution in [1.82, 2.24) is 9.13 Å². The molecule has 2 heterocycles. The SMILES string of the molecule is c1ccc(-c2cccc3c2c2ccccc2n3-c2ccc3c(c2)c2c(S(c4ccccc4)(c4ccccc4)c4ccccc4)cccc2n3-c2ccccc2)cc1. The first-order valence-corrected chi connectivity index (χ1v) is 21.1. The number of rotatable bonds is 7. The molecule has 0 N–H and O–H groups in total. The second-order valence-corrected chi connectivity index (χ2v) is 17.6. The van der Waals surface area contributed by atoms with Crippen molar-refractivity contribution in [3.63, 3.8) is 0 Å². The minimum atomic E-state index is -1.99.